The summed E-state index contributed by atoms with van der Waals surface area (Å²) >= 11 is 0. The topological polar surface area (TPSA) is 156 Å². The average molecular weight is 310 g/mol. The fourth-order valence-electron chi connectivity index (χ4n) is 0. The van der Waals surface area contributed by atoms with E-state index in [0.717, 1.165) is 0 Å². The minimum absolute atomic E-state index is 0. The van der Waals surface area contributed by atoms with Crippen LogP contribution in [0.1, 0.15) is 0 Å². The van der Waals surface area contributed by atoms with E-state index in [9.17, 15) is 0 Å². The van der Waals surface area contributed by atoms with E-state index in [4.69, 9.17) is 38.5 Å². The van der Waals surface area contributed by atoms with Crippen molar-refractivity contribution in [2.24, 2.45) is 0 Å². The SMILES string of the molecule is O=P(O)(O)O.O=P(O)(O)O.[AlH3].[CaH2].[CaH2]. The molecule has 13 heavy (non-hydrogen) atoms. The molecule has 6 N–H and O–H groups in total. The molecule has 0 rings (SSSR count). The van der Waals surface area contributed by atoms with Crippen LogP contribution in [0, 0.1) is 0 Å². The van der Waals surface area contributed by atoms with Gasteiger partial charge in [0.15, 0.2) is 17.4 Å². The van der Waals surface area contributed by atoms with E-state index >= 15 is 0 Å². The Morgan fingerprint density at radius 1 is 0.615 bits per heavy atom. The number of rotatable bonds is 0. The first kappa shape index (κ1) is 29.9. The summed E-state index contributed by atoms with van der Waals surface area (Å²) < 4.78 is 17.8. The standard InChI is InChI=1S/Al.2Ca.2H3O4P.7H/c;;;2*1-5(2,3)4;;;;;;;/h;;;2*(H3,1,2,3,4);;;;;;;. The summed E-state index contributed by atoms with van der Waals surface area (Å²) in [6, 6.07) is 0. The molecule has 0 heterocycles. The van der Waals surface area contributed by atoms with Crippen molar-refractivity contribution in [3.63, 3.8) is 0 Å². The number of hydrogen-bond donors (Lipinski definition) is 6. The van der Waals surface area contributed by atoms with Crippen molar-refractivity contribution in [3.8, 4) is 0 Å². The van der Waals surface area contributed by atoms with Crippen molar-refractivity contribution in [1.82, 2.24) is 0 Å². The van der Waals surface area contributed by atoms with Crippen LogP contribution in [0.4, 0.5) is 0 Å². The van der Waals surface area contributed by atoms with Crippen molar-refractivity contribution >= 4 is 108 Å². The zero-order chi connectivity index (χ0) is 9.00. The summed E-state index contributed by atoms with van der Waals surface area (Å²) in [6.45, 7) is 0. The molecule has 0 saturated heterocycles. The first-order valence-electron chi connectivity index (χ1n) is 1.57. The van der Waals surface area contributed by atoms with Crippen LogP contribution in [0.2, 0.25) is 0 Å². The zero-order valence-electron chi connectivity index (χ0n) is 4.39. The van der Waals surface area contributed by atoms with Crippen molar-refractivity contribution in [3.05, 3.63) is 0 Å². The van der Waals surface area contributed by atoms with Crippen LogP contribution in [0.3, 0.4) is 0 Å². The quantitative estimate of drug-likeness (QED) is 0.192. The van der Waals surface area contributed by atoms with Crippen LogP contribution >= 0.6 is 15.6 Å². The van der Waals surface area contributed by atoms with Crippen LogP contribution in [-0.4, -0.2) is 122 Å². The fraction of sp³-hybridized carbons (Fsp3) is 0. The molecule has 0 saturated carbocycles. The van der Waals surface area contributed by atoms with Crippen LogP contribution in [0.25, 0.3) is 0 Å². The van der Waals surface area contributed by atoms with E-state index in [1.54, 1.807) is 0 Å². The van der Waals surface area contributed by atoms with Crippen LogP contribution in [0.15, 0.2) is 0 Å². The van der Waals surface area contributed by atoms with Crippen LogP contribution in [-0.2, 0) is 9.13 Å². The Morgan fingerprint density at radius 2 is 0.615 bits per heavy atom. The molecule has 0 aliphatic rings. The van der Waals surface area contributed by atoms with E-state index in [1.807, 2.05) is 0 Å². The summed E-state index contributed by atoms with van der Waals surface area (Å²) in [4.78, 5) is 43.1. The average Bonchev–Trinajstić information content (AvgIpc) is 1.12. The molecule has 0 aliphatic carbocycles. The molecule has 0 amide bonds. The van der Waals surface area contributed by atoms with Gasteiger partial charge in [0, 0.05) is 0 Å². The predicted molar refractivity (Wildman–Crippen MR) is 55.6 cm³/mol. The Morgan fingerprint density at radius 3 is 0.615 bits per heavy atom. The molecule has 0 fully saturated rings. The summed E-state index contributed by atoms with van der Waals surface area (Å²) in [5.74, 6) is 0. The Bertz CT molecular complexity index is 132. The predicted octanol–water partition coefficient (Wildman–Crippen LogP) is -4.87. The van der Waals surface area contributed by atoms with Gasteiger partial charge in [-0.2, -0.15) is 0 Å². The third-order valence-corrected chi connectivity index (χ3v) is 0. The molecule has 0 atom stereocenters. The third-order valence-electron chi connectivity index (χ3n) is 0. The van der Waals surface area contributed by atoms with Crippen LogP contribution < -0.4 is 0 Å². The molecule has 0 unspecified atom stereocenters. The van der Waals surface area contributed by atoms with Gasteiger partial charge in [-0.3, -0.25) is 0 Å². The summed E-state index contributed by atoms with van der Waals surface area (Å²) in [6.07, 6.45) is 0. The molecule has 0 aliphatic heterocycles. The van der Waals surface area contributed by atoms with Crippen molar-refractivity contribution in [1.29, 1.82) is 0 Å². The van der Waals surface area contributed by atoms with Gasteiger partial charge in [0.1, 0.15) is 0 Å². The van der Waals surface area contributed by atoms with Gasteiger partial charge in [-0.1, -0.05) is 0 Å². The monoisotopic (exact) mass is 310 g/mol. The molecule has 0 aromatic heterocycles. The van der Waals surface area contributed by atoms with E-state index in [2.05, 4.69) is 0 Å². The first-order chi connectivity index (χ1) is 4.00. The van der Waals surface area contributed by atoms with E-state index in [-0.39, 0.29) is 92.8 Å². The molecule has 8 nitrogen and oxygen atoms in total. The summed E-state index contributed by atoms with van der Waals surface area (Å²) in [7, 11) is -9.28. The summed E-state index contributed by atoms with van der Waals surface area (Å²) in [5.41, 5.74) is 0. The molecular weight excluding hydrogens is 297 g/mol. The van der Waals surface area contributed by atoms with Crippen molar-refractivity contribution in [2.45, 2.75) is 0 Å². The summed E-state index contributed by atoms with van der Waals surface area (Å²) in [5, 5.41) is 0. The van der Waals surface area contributed by atoms with Gasteiger partial charge in [-0.25, -0.2) is 9.13 Å². The second kappa shape index (κ2) is 13.3. The molecule has 13 heteroatoms. The van der Waals surface area contributed by atoms with Gasteiger partial charge < -0.3 is 29.4 Å². The molecular formula is H13AlCa2O8P2. The zero-order valence-corrected chi connectivity index (χ0v) is 6.18. The van der Waals surface area contributed by atoms with Gasteiger partial charge in [0.25, 0.3) is 0 Å². The van der Waals surface area contributed by atoms with Gasteiger partial charge in [0.05, 0.1) is 0 Å². The molecule has 0 radical (unpaired) electrons. The Balaban J connectivity index is -0.0000000267. The molecule has 0 spiro atoms. The number of phosphoric acid groups is 2. The molecule has 0 aromatic carbocycles. The maximum absolute atomic E-state index is 8.88. The van der Waals surface area contributed by atoms with Gasteiger partial charge in [-0.05, 0) is 0 Å². The normalized spacial score (nSPS) is 9.08. The molecule has 0 aromatic rings. The Hall–Kier alpha value is 3.27. The van der Waals surface area contributed by atoms with Crippen LogP contribution in [0.5, 0.6) is 0 Å². The van der Waals surface area contributed by atoms with Gasteiger partial charge in [-0.15, -0.1) is 0 Å². The van der Waals surface area contributed by atoms with E-state index in [1.165, 1.54) is 0 Å². The van der Waals surface area contributed by atoms with E-state index in [0.29, 0.717) is 0 Å². The molecule has 0 bridgehead atoms. The minimum atomic E-state index is -4.64. The Labute approximate surface area is 144 Å². The Kier molecular flexibility index (Phi) is 30.6. The van der Waals surface area contributed by atoms with Crippen molar-refractivity contribution in [2.75, 3.05) is 0 Å². The fourth-order valence-corrected chi connectivity index (χ4v) is 0. The number of hydrogen-bond acceptors (Lipinski definition) is 2. The maximum atomic E-state index is 8.88. The molecule has 78 valence electrons. The first-order valence-corrected chi connectivity index (χ1v) is 4.70. The second-order valence-electron chi connectivity index (χ2n) is 1.03. The van der Waals surface area contributed by atoms with E-state index < -0.39 is 15.6 Å². The second-order valence-corrected chi connectivity index (χ2v) is 3.08. The van der Waals surface area contributed by atoms with Crippen molar-refractivity contribution < 1.29 is 38.5 Å². The van der Waals surface area contributed by atoms with Gasteiger partial charge >= 0.3 is 91.1 Å². The third kappa shape index (κ3) is 251. The van der Waals surface area contributed by atoms with Gasteiger partial charge in [0.2, 0.25) is 0 Å².